The maximum Gasteiger partial charge on any atom is 0.255 e. The average molecular weight is 435 g/mol. The summed E-state index contributed by atoms with van der Waals surface area (Å²) in [7, 11) is 3.35. The molecule has 0 bridgehead atoms. The Kier molecular flexibility index (Phi) is 7.50. The summed E-state index contributed by atoms with van der Waals surface area (Å²) >= 11 is 1.43. The highest BCUT2D eigenvalue weighted by Crippen LogP contribution is 2.26. The van der Waals surface area contributed by atoms with Crippen molar-refractivity contribution in [2.45, 2.75) is 11.4 Å². The molecule has 0 aliphatic rings. The standard InChI is InChI=1S/C21H22BN5O3S/c1-30-16-8-7-13(20(29)26-14-5-3-2-4-6-14)11-15(16)27-17(28)9-10-31-21-18(22)19(23)24-12-25-21/h2-8,11-12H,9-10,22H2,1H3,(H,26,29)(H,27,28)(H2,23,24,25). The van der Waals surface area contributed by atoms with Crippen LogP contribution in [0.3, 0.4) is 0 Å². The zero-order chi connectivity index (χ0) is 22.2. The number of amides is 2. The lowest BCUT2D eigenvalue weighted by molar-refractivity contribution is -0.115. The highest BCUT2D eigenvalue weighted by molar-refractivity contribution is 7.99. The molecule has 0 saturated heterocycles. The number of anilines is 3. The molecule has 0 spiro atoms. The number of para-hydroxylation sites is 1. The minimum absolute atomic E-state index is 0.203. The van der Waals surface area contributed by atoms with Gasteiger partial charge in [0.2, 0.25) is 5.91 Å². The highest BCUT2D eigenvalue weighted by Gasteiger charge is 2.13. The highest BCUT2D eigenvalue weighted by atomic mass is 32.2. The molecule has 10 heteroatoms. The molecular formula is C21H22BN5O3S. The maximum atomic E-state index is 12.5. The summed E-state index contributed by atoms with van der Waals surface area (Å²) in [6, 6.07) is 14.0. The second kappa shape index (κ2) is 10.5. The van der Waals surface area contributed by atoms with Crippen LogP contribution in [0, 0.1) is 0 Å². The van der Waals surface area contributed by atoms with Crippen LogP contribution < -0.4 is 26.6 Å². The minimum Gasteiger partial charge on any atom is -0.495 e. The van der Waals surface area contributed by atoms with Crippen LogP contribution in [0.1, 0.15) is 16.8 Å². The van der Waals surface area contributed by atoms with Crippen molar-refractivity contribution in [3.8, 4) is 5.75 Å². The summed E-state index contributed by atoms with van der Waals surface area (Å²) in [5, 5.41) is 6.39. The molecule has 0 aliphatic heterocycles. The summed E-state index contributed by atoms with van der Waals surface area (Å²) in [4.78, 5) is 33.1. The Morgan fingerprint density at radius 1 is 1.13 bits per heavy atom. The van der Waals surface area contributed by atoms with E-state index in [0.29, 0.717) is 34.3 Å². The van der Waals surface area contributed by atoms with E-state index in [9.17, 15) is 9.59 Å². The van der Waals surface area contributed by atoms with Crippen molar-refractivity contribution in [3.63, 3.8) is 0 Å². The van der Waals surface area contributed by atoms with Crippen molar-refractivity contribution in [2.75, 3.05) is 29.2 Å². The molecule has 1 heterocycles. The molecule has 1 aromatic heterocycles. The molecule has 158 valence electrons. The molecule has 0 saturated carbocycles. The van der Waals surface area contributed by atoms with E-state index < -0.39 is 0 Å². The van der Waals surface area contributed by atoms with Gasteiger partial charge in [0, 0.05) is 23.4 Å². The van der Waals surface area contributed by atoms with Crippen LogP contribution in [-0.4, -0.2) is 42.5 Å². The topological polar surface area (TPSA) is 119 Å². The lowest BCUT2D eigenvalue weighted by Gasteiger charge is -2.12. The van der Waals surface area contributed by atoms with Gasteiger partial charge in [0.05, 0.1) is 17.8 Å². The molecule has 4 N–H and O–H groups in total. The number of nitrogens with one attached hydrogen (secondary N) is 2. The van der Waals surface area contributed by atoms with Gasteiger partial charge in [-0.2, -0.15) is 0 Å². The number of ether oxygens (including phenoxy) is 1. The number of nitrogens with two attached hydrogens (primary N) is 1. The van der Waals surface area contributed by atoms with Gasteiger partial charge in [-0.1, -0.05) is 18.2 Å². The molecule has 0 fully saturated rings. The summed E-state index contributed by atoms with van der Waals surface area (Å²) < 4.78 is 5.32. The summed E-state index contributed by atoms with van der Waals surface area (Å²) in [5.41, 5.74) is 8.10. The Balaban J connectivity index is 1.62. The molecule has 8 nitrogen and oxygen atoms in total. The largest absolute Gasteiger partial charge is 0.495 e. The van der Waals surface area contributed by atoms with Crippen LogP contribution in [0.15, 0.2) is 59.9 Å². The minimum atomic E-state index is -0.281. The number of carbonyl (C=O) groups excluding carboxylic acids is 2. The molecule has 31 heavy (non-hydrogen) atoms. The molecule has 3 aromatic rings. The van der Waals surface area contributed by atoms with Crippen LogP contribution >= 0.6 is 11.8 Å². The number of rotatable bonds is 8. The third kappa shape index (κ3) is 5.99. The molecule has 2 aromatic carbocycles. The van der Waals surface area contributed by atoms with E-state index in [1.54, 1.807) is 30.3 Å². The van der Waals surface area contributed by atoms with Gasteiger partial charge in [-0.25, -0.2) is 9.97 Å². The summed E-state index contributed by atoms with van der Waals surface area (Å²) in [6.07, 6.45) is 1.65. The first-order valence-electron chi connectivity index (χ1n) is 9.52. The van der Waals surface area contributed by atoms with E-state index in [-0.39, 0.29) is 18.2 Å². The smallest absolute Gasteiger partial charge is 0.255 e. The first-order chi connectivity index (χ1) is 15.0. The SMILES string of the molecule is Bc1c(N)ncnc1SCCC(=O)Nc1cc(C(=O)Nc2ccccc2)ccc1OC. The molecular weight excluding hydrogens is 413 g/mol. The monoisotopic (exact) mass is 435 g/mol. The van der Waals surface area contributed by atoms with E-state index in [1.165, 1.54) is 25.2 Å². The number of hydrogen-bond donors (Lipinski definition) is 3. The van der Waals surface area contributed by atoms with Gasteiger partial charge in [-0.05, 0) is 35.8 Å². The van der Waals surface area contributed by atoms with Gasteiger partial charge in [-0.15, -0.1) is 11.8 Å². The van der Waals surface area contributed by atoms with Crippen LogP contribution in [0.5, 0.6) is 5.75 Å². The van der Waals surface area contributed by atoms with E-state index in [4.69, 9.17) is 10.5 Å². The van der Waals surface area contributed by atoms with Crippen LogP contribution in [0.4, 0.5) is 17.2 Å². The number of methoxy groups -OCH3 is 1. The number of benzene rings is 2. The number of nitrogens with zero attached hydrogens (tertiary/aromatic N) is 2. The normalized spacial score (nSPS) is 10.4. The van der Waals surface area contributed by atoms with Crippen molar-refractivity contribution in [3.05, 3.63) is 60.4 Å². The predicted octanol–water partition coefficient (Wildman–Crippen LogP) is 1.70. The number of hydrogen-bond acceptors (Lipinski definition) is 7. The molecule has 2 amide bonds. The van der Waals surface area contributed by atoms with Crippen molar-refractivity contribution in [1.82, 2.24) is 9.97 Å². The lowest BCUT2D eigenvalue weighted by atomic mass is 9.99. The molecule has 0 unspecified atom stereocenters. The maximum absolute atomic E-state index is 12.5. The van der Waals surface area contributed by atoms with Crippen molar-refractivity contribution >= 4 is 54.1 Å². The second-order valence-electron chi connectivity index (χ2n) is 6.57. The van der Waals surface area contributed by atoms with E-state index in [1.807, 2.05) is 26.0 Å². The van der Waals surface area contributed by atoms with Crippen molar-refractivity contribution in [1.29, 1.82) is 0 Å². The lowest BCUT2D eigenvalue weighted by Crippen LogP contribution is -2.17. The third-order valence-electron chi connectivity index (χ3n) is 4.41. The number of thioether (sulfide) groups is 1. The zero-order valence-electron chi connectivity index (χ0n) is 17.2. The number of aromatic nitrogens is 2. The van der Waals surface area contributed by atoms with Gasteiger partial charge in [-0.3, -0.25) is 9.59 Å². The van der Waals surface area contributed by atoms with Gasteiger partial charge in [0.15, 0.2) is 0 Å². The van der Waals surface area contributed by atoms with Crippen molar-refractivity contribution < 1.29 is 14.3 Å². The molecule has 3 rings (SSSR count). The summed E-state index contributed by atoms with van der Waals surface area (Å²) in [5.74, 6) is 0.927. The van der Waals surface area contributed by atoms with Crippen LogP contribution in [0.25, 0.3) is 0 Å². The first kappa shape index (κ1) is 22.2. The van der Waals surface area contributed by atoms with Crippen LogP contribution in [0.2, 0.25) is 0 Å². The molecule has 0 aliphatic carbocycles. The first-order valence-corrected chi connectivity index (χ1v) is 10.5. The predicted molar refractivity (Wildman–Crippen MR) is 126 cm³/mol. The van der Waals surface area contributed by atoms with Gasteiger partial charge >= 0.3 is 0 Å². The average Bonchev–Trinajstić information content (AvgIpc) is 2.77. The fourth-order valence-electron chi connectivity index (χ4n) is 2.72. The Labute approximate surface area is 185 Å². The number of nitrogen functional groups attached to an aromatic ring is 1. The van der Waals surface area contributed by atoms with Gasteiger partial charge < -0.3 is 21.1 Å². The Morgan fingerprint density at radius 3 is 2.65 bits per heavy atom. The third-order valence-corrected chi connectivity index (χ3v) is 5.51. The van der Waals surface area contributed by atoms with Gasteiger partial charge in [0.1, 0.15) is 25.7 Å². The number of carbonyl (C=O) groups is 2. The quantitative estimate of drug-likeness (QED) is 0.280. The fourth-order valence-corrected chi connectivity index (χ4v) is 3.64. The van der Waals surface area contributed by atoms with Crippen LogP contribution in [-0.2, 0) is 4.79 Å². The fraction of sp³-hybridized carbons (Fsp3) is 0.143. The van der Waals surface area contributed by atoms with Crippen molar-refractivity contribution in [2.24, 2.45) is 0 Å². The summed E-state index contributed by atoms with van der Waals surface area (Å²) in [6.45, 7) is 0. The zero-order valence-corrected chi connectivity index (χ0v) is 18.0. The Morgan fingerprint density at radius 2 is 1.90 bits per heavy atom. The van der Waals surface area contributed by atoms with E-state index >= 15 is 0 Å². The molecule has 0 atom stereocenters. The Hall–Kier alpha value is -3.53. The Bertz CT molecular complexity index is 1080. The van der Waals surface area contributed by atoms with E-state index in [0.717, 1.165) is 10.5 Å². The van der Waals surface area contributed by atoms with E-state index in [2.05, 4.69) is 20.6 Å². The van der Waals surface area contributed by atoms with Gasteiger partial charge in [0.25, 0.3) is 5.91 Å². The second-order valence-corrected chi connectivity index (χ2v) is 7.65. The molecule has 0 radical (unpaired) electrons.